The molecule has 158 valence electrons. The number of nitrogens with zero attached hydrogens (tertiary/aromatic N) is 1. The van der Waals surface area contributed by atoms with Crippen LogP contribution in [0.1, 0.15) is 66.2 Å². The highest BCUT2D eigenvalue weighted by Gasteiger charge is 2.36. The van der Waals surface area contributed by atoms with Crippen LogP contribution >= 0.6 is 0 Å². The van der Waals surface area contributed by atoms with E-state index in [1.54, 1.807) is 0 Å². The average molecular weight is 395 g/mol. The molecule has 0 unspecified atom stereocenters. The summed E-state index contributed by atoms with van der Waals surface area (Å²) < 4.78 is 0. The van der Waals surface area contributed by atoms with E-state index in [1.165, 1.54) is 39.1 Å². The van der Waals surface area contributed by atoms with Gasteiger partial charge in [0.1, 0.15) is 0 Å². The molecule has 3 nitrogen and oxygen atoms in total. The van der Waals surface area contributed by atoms with Crippen LogP contribution < -0.4 is 10.2 Å². The van der Waals surface area contributed by atoms with Gasteiger partial charge in [-0.3, -0.25) is 0 Å². The van der Waals surface area contributed by atoms with Gasteiger partial charge in [-0.05, 0) is 92.5 Å². The van der Waals surface area contributed by atoms with Gasteiger partial charge in [-0.25, -0.2) is 0 Å². The molecule has 1 aliphatic carbocycles. The van der Waals surface area contributed by atoms with E-state index in [0.717, 1.165) is 32.4 Å². The molecule has 29 heavy (non-hydrogen) atoms. The Labute approximate surface area is 177 Å². The van der Waals surface area contributed by atoms with E-state index in [1.807, 2.05) is 13.8 Å². The second kappa shape index (κ2) is 9.32. The first-order valence-electron chi connectivity index (χ1n) is 11.3. The number of para-hydroxylation sites is 1. The topological polar surface area (TPSA) is 35.5 Å². The zero-order chi connectivity index (χ0) is 21.1. The molecule has 0 radical (unpaired) electrons. The Morgan fingerprint density at radius 1 is 0.862 bits per heavy atom. The van der Waals surface area contributed by atoms with Crippen LogP contribution in [0.15, 0.2) is 30.3 Å². The minimum Gasteiger partial charge on any atom is -0.387 e. The molecule has 1 fully saturated rings. The molecular formula is C26H38N2O. The van der Waals surface area contributed by atoms with Crippen LogP contribution in [0.5, 0.6) is 0 Å². The SMILES string of the molecule is CC.Cc1c(C)c(C)c2c(c1C)C[C@H](NC1CCN(c3ccccc3)CC1)[C@@H]2O. The zero-order valence-corrected chi connectivity index (χ0v) is 19.0. The van der Waals surface area contributed by atoms with E-state index < -0.39 is 0 Å². The molecule has 3 heteroatoms. The van der Waals surface area contributed by atoms with E-state index in [9.17, 15) is 5.11 Å². The van der Waals surface area contributed by atoms with Crippen LogP contribution in [-0.4, -0.2) is 30.3 Å². The first-order chi connectivity index (χ1) is 14.0. The summed E-state index contributed by atoms with van der Waals surface area (Å²) in [5.74, 6) is 0. The van der Waals surface area contributed by atoms with E-state index in [2.05, 4.69) is 68.2 Å². The summed E-state index contributed by atoms with van der Waals surface area (Å²) in [7, 11) is 0. The third-order valence-electron chi connectivity index (χ3n) is 7.04. The maximum atomic E-state index is 11.0. The standard InChI is InChI=1S/C24H32N2O.C2H6/c1-15-16(2)18(4)23-21(17(15)3)14-22(24(23)27)25-19-10-12-26(13-11-19)20-8-6-5-7-9-20;1-2/h5-9,19,22,24-25,27H,10-14H2,1-4H3;1-2H3/t22-,24-;/m0./s1. The minimum atomic E-state index is -0.384. The van der Waals surface area contributed by atoms with Gasteiger partial charge >= 0.3 is 0 Å². The zero-order valence-electron chi connectivity index (χ0n) is 19.0. The fraction of sp³-hybridized carbons (Fsp3) is 0.538. The molecule has 2 aliphatic rings. The summed E-state index contributed by atoms with van der Waals surface area (Å²) in [5.41, 5.74) is 9.26. The van der Waals surface area contributed by atoms with Crippen molar-refractivity contribution in [1.29, 1.82) is 0 Å². The summed E-state index contributed by atoms with van der Waals surface area (Å²) in [5, 5.41) is 14.9. The molecule has 1 heterocycles. The number of nitrogens with one attached hydrogen (secondary N) is 1. The van der Waals surface area contributed by atoms with Gasteiger partial charge in [0, 0.05) is 30.9 Å². The van der Waals surface area contributed by atoms with Crippen molar-refractivity contribution in [3.8, 4) is 0 Å². The summed E-state index contributed by atoms with van der Waals surface area (Å²) in [6.45, 7) is 14.9. The second-order valence-electron chi connectivity index (χ2n) is 8.41. The number of hydrogen-bond acceptors (Lipinski definition) is 3. The van der Waals surface area contributed by atoms with Crippen molar-refractivity contribution in [3.05, 3.63) is 63.7 Å². The van der Waals surface area contributed by atoms with Crippen molar-refractivity contribution in [1.82, 2.24) is 5.32 Å². The van der Waals surface area contributed by atoms with Crippen LogP contribution in [0.4, 0.5) is 5.69 Å². The summed E-state index contributed by atoms with van der Waals surface area (Å²) in [6.07, 6.45) is 2.82. The Bertz CT molecular complexity index is 823. The smallest absolute Gasteiger partial charge is 0.0951 e. The van der Waals surface area contributed by atoms with Gasteiger partial charge in [-0.15, -0.1) is 0 Å². The van der Waals surface area contributed by atoms with E-state index in [-0.39, 0.29) is 12.1 Å². The van der Waals surface area contributed by atoms with Gasteiger partial charge in [0.25, 0.3) is 0 Å². The van der Waals surface area contributed by atoms with Gasteiger partial charge in [0.05, 0.1) is 6.10 Å². The van der Waals surface area contributed by atoms with Crippen LogP contribution in [0.2, 0.25) is 0 Å². The van der Waals surface area contributed by atoms with E-state index >= 15 is 0 Å². The molecule has 4 rings (SSSR count). The quantitative estimate of drug-likeness (QED) is 0.754. The Hall–Kier alpha value is -1.84. The second-order valence-corrected chi connectivity index (χ2v) is 8.41. The number of piperidine rings is 1. The fourth-order valence-corrected chi connectivity index (χ4v) is 5.01. The molecule has 0 amide bonds. The van der Waals surface area contributed by atoms with E-state index in [4.69, 9.17) is 0 Å². The molecule has 0 saturated carbocycles. The number of fused-ring (bicyclic) bond motifs is 1. The lowest BCUT2D eigenvalue weighted by atomic mass is 9.90. The third kappa shape index (κ3) is 4.22. The predicted molar refractivity (Wildman–Crippen MR) is 124 cm³/mol. The van der Waals surface area contributed by atoms with Crippen LogP contribution in [0, 0.1) is 27.7 Å². The number of anilines is 1. The normalized spacial score (nSPS) is 21.6. The van der Waals surface area contributed by atoms with Crippen molar-refractivity contribution in [3.63, 3.8) is 0 Å². The maximum absolute atomic E-state index is 11.0. The van der Waals surface area contributed by atoms with Crippen molar-refractivity contribution in [2.24, 2.45) is 0 Å². The fourth-order valence-electron chi connectivity index (χ4n) is 5.01. The molecule has 0 spiro atoms. The van der Waals surface area contributed by atoms with Crippen molar-refractivity contribution in [2.45, 2.75) is 79.0 Å². The highest BCUT2D eigenvalue weighted by molar-refractivity contribution is 5.54. The molecule has 2 aromatic rings. The number of rotatable bonds is 3. The molecule has 0 bridgehead atoms. The maximum Gasteiger partial charge on any atom is 0.0951 e. The van der Waals surface area contributed by atoms with Gasteiger partial charge in [0.15, 0.2) is 0 Å². The van der Waals surface area contributed by atoms with Crippen LogP contribution in [0.25, 0.3) is 0 Å². The monoisotopic (exact) mass is 394 g/mol. The first-order valence-corrected chi connectivity index (χ1v) is 11.3. The third-order valence-corrected chi connectivity index (χ3v) is 7.04. The van der Waals surface area contributed by atoms with Gasteiger partial charge in [-0.1, -0.05) is 32.0 Å². The van der Waals surface area contributed by atoms with Crippen LogP contribution in [0.3, 0.4) is 0 Å². The van der Waals surface area contributed by atoms with Crippen molar-refractivity contribution >= 4 is 5.69 Å². The van der Waals surface area contributed by atoms with E-state index in [0.29, 0.717) is 6.04 Å². The molecule has 1 saturated heterocycles. The number of aliphatic hydroxyl groups excluding tert-OH is 1. The lowest BCUT2D eigenvalue weighted by Crippen LogP contribution is -2.47. The average Bonchev–Trinajstić information content (AvgIpc) is 3.09. The number of benzene rings is 2. The summed E-state index contributed by atoms with van der Waals surface area (Å²) in [4.78, 5) is 2.47. The lowest BCUT2D eigenvalue weighted by Gasteiger charge is -2.35. The molecular weight excluding hydrogens is 356 g/mol. The first kappa shape index (κ1) is 21.9. The van der Waals surface area contributed by atoms with Crippen LogP contribution in [-0.2, 0) is 6.42 Å². The lowest BCUT2D eigenvalue weighted by molar-refractivity contribution is 0.131. The molecule has 2 aromatic carbocycles. The van der Waals surface area contributed by atoms with Gasteiger partial charge in [0.2, 0.25) is 0 Å². The molecule has 1 aliphatic heterocycles. The number of hydrogen-bond donors (Lipinski definition) is 2. The predicted octanol–water partition coefficient (Wildman–Crippen LogP) is 5.16. The highest BCUT2D eigenvalue weighted by Crippen LogP contribution is 2.39. The number of aliphatic hydroxyl groups is 1. The Kier molecular flexibility index (Phi) is 7.02. The Morgan fingerprint density at radius 2 is 1.45 bits per heavy atom. The summed E-state index contributed by atoms with van der Waals surface area (Å²) in [6, 6.07) is 11.3. The largest absolute Gasteiger partial charge is 0.387 e. The van der Waals surface area contributed by atoms with Crippen molar-refractivity contribution < 1.29 is 5.11 Å². The molecule has 2 atom stereocenters. The van der Waals surface area contributed by atoms with Crippen molar-refractivity contribution in [2.75, 3.05) is 18.0 Å². The minimum absolute atomic E-state index is 0.145. The Morgan fingerprint density at radius 3 is 2.07 bits per heavy atom. The molecule has 2 N–H and O–H groups in total. The summed E-state index contributed by atoms with van der Waals surface area (Å²) >= 11 is 0. The molecule has 0 aromatic heterocycles. The van der Waals surface area contributed by atoms with Gasteiger partial charge in [-0.2, -0.15) is 0 Å². The van der Waals surface area contributed by atoms with Gasteiger partial charge < -0.3 is 15.3 Å². The highest BCUT2D eigenvalue weighted by atomic mass is 16.3. The Balaban J connectivity index is 0.00000117.